The fraction of sp³-hybridized carbons (Fsp3) is 0.385. The molecule has 1 N–H and O–H groups in total. The number of esters is 1. The molecule has 4 rings (SSSR count). The molecule has 0 bridgehead atoms. The van der Waals surface area contributed by atoms with Gasteiger partial charge in [-0.1, -0.05) is 0 Å². The van der Waals surface area contributed by atoms with Gasteiger partial charge in [-0.3, -0.25) is 9.69 Å². The Hall–Kier alpha value is -3.72. The van der Waals surface area contributed by atoms with E-state index in [2.05, 4.69) is 19.9 Å². The molecule has 184 valence electrons. The summed E-state index contributed by atoms with van der Waals surface area (Å²) in [4.78, 5) is 44.3. The van der Waals surface area contributed by atoms with Crippen LogP contribution < -0.4 is 5.32 Å². The van der Waals surface area contributed by atoms with Gasteiger partial charge in [-0.05, 0) is 77.5 Å². The van der Waals surface area contributed by atoms with Crippen LogP contribution in [-0.2, 0) is 9.47 Å². The van der Waals surface area contributed by atoms with Crippen molar-refractivity contribution in [1.29, 1.82) is 0 Å². The predicted molar refractivity (Wildman–Crippen MR) is 132 cm³/mol. The fourth-order valence-electron chi connectivity index (χ4n) is 4.30. The summed E-state index contributed by atoms with van der Waals surface area (Å²) < 4.78 is 12.0. The first-order chi connectivity index (χ1) is 16.6. The number of methoxy groups -OCH3 is 1. The molecule has 35 heavy (non-hydrogen) atoms. The highest BCUT2D eigenvalue weighted by Crippen LogP contribution is 2.35. The van der Waals surface area contributed by atoms with Crippen LogP contribution in [0.4, 0.5) is 10.6 Å². The lowest BCUT2D eigenvalue weighted by Gasteiger charge is -2.24. The van der Waals surface area contributed by atoms with Gasteiger partial charge in [0.15, 0.2) is 0 Å². The highest BCUT2D eigenvalue weighted by molar-refractivity contribution is 6.05. The molecule has 0 aliphatic carbocycles. The lowest BCUT2D eigenvalue weighted by molar-refractivity contribution is 0.0533. The van der Waals surface area contributed by atoms with Crippen LogP contribution in [0, 0.1) is 0 Å². The quantitative estimate of drug-likeness (QED) is 0.546. The third-order valence-corrected chi connectivity index (χ3v) is 5.96. The lowest BCUT2D eigenvalue weighted by atomic mass is 10.1. The lowest BCUT2D eigenvalue weighted by Crippen LogP contribution is -2.30. The molecule has 9 nitrogen and oxygen atoms in total. The largest absolute Gasteiger partial charge is 0.465 e. The topological polar surface area (TPSA) is 103 Å². The summed E-state index contributed by atoms with van der Waals surface area (Å²) in [7, 11) is 3.35. The van der Waals surface area contributed by atoms with Crippen molar-refractivity contribution >= 4 is 34.7 Å². The standard InChI is InChI=1S/C26H30N4O5/c1-26(2,3)35-25(33)30-20-14-22(27-15-18(20)13-21(30)19-7-6-12-29(19)4)28-23(31)16-8-10-17(11-9-16)24(32)34-5/h8-11,13-15,19H,6-7,12H2,1-5H3,(H,27,28,31)/t19-/m0/s1. The highest BCUT2D eigenvalue weighted by atomic mass is 16.6. The van der Waals surface area contributed by atoms with Crippen LogP contribution in [0.2, 0.25) is 0 Å². The second-order valence-electron chi connectivity index (χ2n) is 9.68. The monoisotopic (exact) mass is 478 g/mol. The number of aromatic nitrogens is 2. The van der Waals surface area contributed by atoms with Crippen LogP contribution in [0.3, 0.4) is 0 Å². The number of pyridine rings is 1. The van der Waals surface area contributed by atoms with Crippen LogP contribution >= 0.6 is 0 Å². The smallest absolute Gasteiger partial charge is 0.419 e. The van der Waals surface area contributed by atoms with Crippen molar-refractivity contribution in [2.24, 2.45) is 0 Å². The third-order valence-electron chi connectivity index (χ3n) is 5.96. The van der Waals surface area contributed by atoms with Crippen LogP contribution in [-0.4, -0.2) is 58.7 Å². The van der Waals surface area contributed by atoms with E-state index in [4.69, 9.17) is 4.74 Å². The predicted octanol–water partition coefficient (Wildman–Crippen LogP) is 4.63. The molecule has 1 atom stereocenters. The van der Waals surface area contributed by atoms with Gasteiger partial charge in [0, 0.05) is 28.9 Å². The summed E-state index contributed by atoms with van der Waals surface area (Å²) in [5.41, 5.74) is 1.50. The van der Waals surface area contributed by atoms with Crippen molar-refractivity contribution in [3.05, 3.63) is 59.4 Å². The van der Waals surface area contributed by atoms with E-state index in [0.717, 1.165) is 30.5 Å². The van der Waals surface area contributed by atoms with E-state index in [0.29, 0.717) is 22.5 Å². The molecule has 0 spiro atoms. The van der Waals surface area contributed by atoms with E-state index in [9.17, 15) is 14.4 Å². The molecule has 1 fully saturated rings. The zero-order chi connectivity index (χ0) is 25.3. The molecule has 2 aromatic heterocycles. The van der Waals surface area contributed by atoms with Crippen molar-refractivity contribution < 1.29 is 23.9 Å². The summed E-state index contributed by atoms with van der Waals surface area (Å²) in [6.45, 7) is 6.44. The molecule has 0 saturated carbocycles. The Labute approximate surface area is 204 Å². The summed E-state index contributed by atoms with van der Waals surface area (Å²) in [6, 6.07) is 9.86. The van der Waals surface area contributed by atoms with Crippen LogP contribution in [0.25, 0.3) is 10.9 Å². The number of carbonyl (C=O) groups excluding carboxylic acids is 3. The number of benzene rings is 1. The van der Waals surface area contributed by atoms with Gasteiger partial charge in [-0.2, -0.15) is 0 Å². The number of hydrogen-bond acceptors (Lipinski definition) is 7. The van der Waals surface area contributed by atoms with Crippen molar-refractivity contribution in [2.75, 3.05) is 26.0 Å². The van der Waals surface area contributed by atoms with Gasteiger partial charge in [0.05, 0.1) is 24.2 Å². The Bertz CT molecular complexity index is 1270. The third kappa shape index (κ3) is 5.19. The fourth-order valence-corrected chi connectivity index (χ4v) is 4.30. The molecule has 0 unspecified atom stereocenters. The van der Waals surface area contributed by atoms with Gasteiger partial charge in [-0.25, -0.2) is 19.1 Å². The van der Waals surface area contributed by atoms with E-state index in [1.54, 1.807) is 16.8 Å². The first kappa shape index (κ1) is 24.4. The van der Waals surface area contributed by atoms with E-state index in [1.165, 1.54) is 31.4 Å². The van der Waals surface area contributed by atoms with Crippen LogP contribution in [0.1, 0.15) is 66.1 Å². The molecule has 3 heterocycles. The minimum Gasteiger partial charge on any atom is -0.465 e. The van der Waals surface area contributed by atoms with Gasteiger partial charge in [0.1, 0.15) is 11.4 Å². The van der Waals surface area contributed by atoms with Crippen molar-refractivity contribution in [2.45, 2.75) is 45.3 Å². The first-order valence-corrected chi connectivity index (χ1v) is 11.5. The molecule has 1 aliphatic heterocycles. The zero-order valence-electron chi connectivity index (χ0n) is 20.6. The van der Waals surface area contributed by atoms with E-state index in [1.807, 2.05) is 33.9 Å². The number of carbonyl (C=O) groups is 3. The minimum absolute atomic E-state index is 0.0845. The molecule has 0 radical (unpaired) electrons. The molecule has 1 saturated heterocycles. The maximum Gasteiger partial charge on any atom is 0.419 e. The number of amides is 1. The van der Waals surface area contributed by atoms with Gasteiger partial charge < -0.3 is 14.8 Å². The summed E-state index contributed by atoms with van der Waals surface area (Å²) in [5.74, 6) is -0.566. The van der Waals surface area contributed by atoms with Crippen molar-refractivity contribution in [3.8, 4) is 0 Å². The van der Waals surface area contributed by atoms with Gasteiger partial charge in [0.2, 0.25) is 0 Å². The number of fused-ring (bicyclic) bond motifs is 1. The average Bonchev–Trinajstić information content (AvgIpc) is 3.40. The number of nitrogens with one attached hydrogen (secondary N) is 1. The Kier molecular flexibility index (Phi) is 6.62. The van der Waals surface area contributed by atoms with Gasteiger partial charge in [-0.15, -0.1) is 0 Å². The summed E-state index contributed by atoms with van der Waals surface area (Å²) >= 11 is 0. The number of likely N-dealkylation sites (tertiary alicyclic amines) is 1. The van der Waals surface area contributed by atoms with E-state index < -0.39 is 17.7 Å². The maximum absolute atomic E-state index is 13.3. The second-order valence-corrected chi connectivity index (χ2v) is 9.68. The van der Waals surface area contributed by atoms with Crippen LogP contribution in [0.15, 0.2) is 42.6 Å². The Balaban J connectivity index is 1.67. The summed E-state index contributed by atoms with van der Waals surface area (Å²) in [5, 5.41) is 3.56. The molecular formula is C26H30N4O5. The number of anilines is 1. The summed E-state index contributed by atoms with van der Waals surface area (Å²) in [6.07, 6.45) is 3.16. The highest BCUT2D eigenvalue weighted by Gasteiger charge is 2.30. The molecule has 9 heteroatoms. The SMILES string of the molecule is COC(=O)c1ccc(C(=O)Nc2cc3c(cn2)cc([C@@H]2CCCN2C)n3C(=O)OC(C)(C)C)cc1. The Morgan fingerprint density at radius 2 is 1.77 bits per heavy atom. The number of rotatable bonds is 4. The van der Waals surface area contributed by atoms with Gasteiger partial charge >= 0.3 is 12.1 Å². The number of hydrogen-bond donors (Lipinski definition) is 1. The average molecular weight is 479 g/mol. The van der Waals surface area contributed by atoms with Crippen LogP contribution in [0.5, 0.6) is 0 Å². The Morgan fingerprint density at radius 1 is 1.09 bits per heavy atom. The molecule has 1 amide bonds. The second kappa shape index (κ2) is 9.50. The normalized spacial score (nSPS) is 16.3. The zero-order valence-corrected chi connectivity index (χ0v) is 20.6. The molecule has 1 aliphatic rings. The number of nitrogens with zero attached hydrogens (tertiary/aromatic N) is 3. The van der Waals surface area contributed by atoms with Crippen molar-refractivity contribution in [3.63, 3.8) is 0 Å². The minimum atomic E-state index is -0.660. The van der Waals surface area contributed by atoms with E-state index >= 15 is 0 Å². The Morgan fingerprint density at radius 3 is 2.37 bits per heavy atom. The number of ether oxygens (including phenoxy) is 2. The van der Waals surface area contributed by atoms with E-state index in [-0.39, 0.29) is 11.9 Å². The molecule has 3 aromatic rings. The first-order valence-electron chi connectivity index (χ1n) is 11.5. The molecule has 1 aromatic carbocycles. The van der Waals surface area contributed by atoms with Crippen molar-refractivity contribution in [1.82, 2.24) is 14.5 Å². The maximum atomic E-state index is 13.3. The molecular weight excluding hydrogens is 448 g/mol. The van der Waals surface area contributed by atoms with Gasteiger partial charge in [0.25, 0.3) is 5.91 Å².